The lowest BCUT2D eigenvalue weighted by Gasteiger charge is -2.33. The van der Waals surface area contributed by atoms with Crippen molar-refractivity contribution in [3.63, 3.8) is 0 Å². The first-order valence-corrected chi connectivity index (χ1v) is 7.78. The summed E-state index contributed by atoms with van der Waals surface area (Å²) in [4.78, 5) is 13.4. The normalized spacial score (nSPS) is 17.0. The predicted octanol–water partition coefficient (Wildman–Crippen LogP) is -0.145. The third-order valence-electron chi connectivity index (χ3n) is 3.34. The van der Waals surface area contributed by atoms with Gasteiger partial charge in [-0.3, -0.25) is 4.79 Å². The topological polar surface area (TPSA) is 83.7 Å². The Morgan fingerprint density at radius 2 is 1.67 bits per heavy atom. The van der Waals surface area contributed by atoms with E-state index in [9.17, 15) is 22.0 Å². The van der Waals surface area contributed by atoms with E-state index in [1.54, 1.807) is 0 Å². The van der Waals surface area contributed by atoms with Gasteiger partial charge in [-0.2, -0.15) is 12.7 Å². The van der Waals surface area contributed by atoms with Gasteiger partial charge >= 0.3 is 0 Å². The monoisotopic (exact) mass is 319 g/mol. The molecule has 0 atom stereocenters. The van der Waals surface area contributed by atoms with Gasteiger partial charge in [0, 0.05) is 31.7 Å². The minimum atomic E-state index is -3.77. The van der Waals surface area contributed by atoms with Crippen LogP contribution < -0.4 is 5.14 Å². The Morgan fingerprint density at radius 3 is 2.14 bits per heavy atom. The summed E-state index contributed by atoms with van der Waals surface area (Å²) in [5, 5.41) is 4.99. The van der Waals surface area contributed by atoms with Crippen molar-refractivity contribution >= 4 is 16.1 Å². The minimum Gasteiger partial charge on any atom is -0.340 e. The van der Waals surface area contributed by atoms with Gasteiger partial charge in [0.05, 0.1) is 6.42 Å². The fourth-order valence-electron chi connectivity index (χ4n) is 2.16. The number of halogens is 2. The van der Waals surface area contributed by atoms with Crippen LogP contribution in [-0.2, 0) is 21.4 Å². The lowest BCUT2D eigenvalue weighted by Crippen LogP contribution is -2.52. The number of rotatable bonds is 3. The third kappa shape index (κ3) is 3.74. The van der Waals surface area contributed by atoms with Gasteiger partial charge in [-0.05, 0) is 12.1 Å². The van der Waals surface area contributed by atoms with Crippen molar-refractivity contribution in [2.75, 3.05) is 26.2 Å². The van der Waals surface area contributed by atoms with Gasteiger partial charge in [0.25, 0.3) is 10.2 Å². The summed E-state index contributed by atoms with van der Waals surface area (Å²) in [5.41, 5.74) is -0.281. The van der Waals surface area contributed by atoms with E-state index in [1.807, 2.05) is 0 Å². The average Bonchev–Trinajstić information content (AvgIpc) is 2.42. The summed E-state index contributed by atoms with van der Waals surface area (Å²) in [6.45, 7) is 0.436. The summed E-state index contributed by atoms with van der Waals surface area (Å²) >= 11 is 0. The molecule has 0 saturated carbocycles. The highest BCUT2D eigenvalue weighted by Crippen LogP contribution is 2.15. The Kier molecular flexibility index (Phi) is 4.55. The molecule has 0 bridgehead atoms. The molecule has 9 heteroatoms. The highest BCUT2D eigenvalue weighted by atomic mass is 32.2. The highest BCUT2D eigenvalue weighted by Gasteiger charge is 2.27. The summed E-state index contributed by atoms with van der Waals surface area (Å²) in [6.07, 6.45) is -0.395. The molecule has 1 fully saturated rings. The molecule has 0 aromatic heterocycles. The fourth-order valence-corrected chi connectivity index (χ4v) is 2.83. The van der Waals surface area contributed by atoms with Crippen LogP contribution in [0.4, 0.5) is 8.78 Å². The molecule has 0 unspecified atom stereocenters. The van der Waals surface area contributed by atoms with E-state index in [1.165, 1.54) is 11.0 Å². The molecule has 116 valence electrons. The summed E-state index contributed by atoms with van der Waals surface area (Å²) in [5.74, 6) is -1.99. The lowest BCUT2D eigenvalue weighted by atomic mass is 10.1. The zero-order valence-corrected chi connectivity index (χ0v) is 11.9. The Bertz CT molecular complexity index is 623. The predicted molar refractivity (Wildman–Crippen MR) is 71.3 cm³/mol. The molecule has 21 heavy (non-hydrogen) atoms. The highest BCUT2D eigenvalue weighted by molar-refractivity contribution is 7.86. The molecule has 0 radical (unpaired) electrons. The Hall–Kier alpha value is -1.58. The zero-order valence-electron chi connectivity index (χ0n) is 11.1. The molecule has 1 aliphatic rings. The molecule has 0 aliphatic carbocycles. The number of benzene rings is 1. The molecular weight excluding hydrogens is 304 g/mol. The van der Waals surface area contributed by atoms with Crippen molar-refractivity contribution in [3.05, 3.63) is 35.4 Å². The molecule has 1 aliphatic heterocycles. The van der Waals surface area contributed by atoms with Crippen LogP contribution in [0.2, 0.25) is 0 Å². The van der Waals surface area contributed by atoms with E-state index in [2.05, 4.69) is 0 Å². The first kappa shape index (κ1) is 15.8. The van der Waals surface area contributed by atoms with Gasteiger partial charge in [0.2, 0.25) is 5.91 Å². The molecular formula is C12H15F2N3O3S. The van der Waals surface area contributed by atoms with Gasteiger partial charge < -0.3 is 4.90 Å². The van der Waals surface area contributed by atoms with Crippen molar-refractivity contribution < 1.29 is 22.0 Å². The second kappa shape index (κ2) is 6.04. The number of nitrogens with zero attached hydrogens (tertiary/aromatic N) is 2. The zero-order chi connectivity index (χ0) is 15.6. The molecule has 1 heterocycles. The van der Waals surface area contributed by atoms with Gasteiger partial charge in [-0.1, -0.05) is 6.07 Å². The first-order valence-electron chi connectivity index (χ1n) is 6.27. The van der Waals surface area contributed by atoms with Gasteiger partial charge in [-0.15, -0.1) is 0 Å². The maximum atomic E-state index is 13.5. The van der Waals surface area contributed by atoms with Crippen molar-refractivity contribution in [3.8, 4) is 0 Å². The van der Waals surface area contributed by atoms with E-state index in [-0.39, 0.29) is 31.7 Å². The van der Waals surface area contributed by atoms with Crippen LogP contribution >= 0.6 is 0 Å². The van der Waals surface area contributed by atoms with Crippen molar-refractivity contribution in [2.24, 2.45) is 5.14 Å². The van der Waals surface area contributed by atoms with E-state index in [0.717, 1.165) is 16.4 Å². The number of hydrogen-bond donors (Lipinski definition) is 1. The molecule has 1 aromatic carbocycles. The Morgan fingerprint density at radius 1 is 1.14 bits per heavy atom. The molecule has 0 spiro atoms. The number of piperazine rings is 1. The third-order valence-corrected chi connectivity index (χ3v) is 4.43. The summed E-state index contributed by atoms with van der Waals surface area (Å²) in [6, 6.07) is 3.40. The Labute approximate surface area is 121 Å². The van der Waals surface area contributed by atoms with Gasteiger partial charge in [0.1, 0.15) is 11.6 Å². The SMILES string of the molecule is NS(=O)(=O)N1CCN(C(=O)Cc2c(F)cccc2F)CC1. The number of hydrogen-bond acceptors (Lipinski definition) is 3. The van der Waals surface area contributed by atoms with E-state index < -0.39 is 34.2 Å². The molecule has 2 N–H and O–H groups in total. The molecule has 2 rings (SSSR count). The Balaban J connectivity index is 2.00. The van der Waals surface area contributed by atoms with Crippen LogP contribution in [0.15, 0.2) is 18.2 Å². The molecule has 1 saturated heterocycles. The average molecular weight is 319 g/mol. The standard InChI is InChI=1S/C12H15F2N3O3S/c13-10-2-1-3-11(14)9(10)8-12(18)16-4-6-17(7-5-16)21(15,19)20/h1-3H,4-8H2,(H2,15,19,20). The maximum absolute atomic E-state index is 13.5. The van der Waals surface area contributed by atoms with Crippen LogP contribution in [0.25, 0.3) is 0 Å². The van der Waals surface area contributed by atoms with E-state index in [0.29, 0.717) is 0 Å². The van der Waals surface area contributed by atoms with Crippen LogP contribution in [0.1, 0.15) is 5.56 Å². The fraction of sp³-hybridized carbons (Fsp3) is 0.417. The quantitative estimate of drug-likeness (QED) is 0.841. The van der Waals surface area contributed by atoms with Crippen LogP contribution in [0.5, 0.6) is 0 Å². The van der Waals surface area contributed by atoms with E-state index >= 15 is 0 Å². The lowest BCUT2D eigenvalue weighted by molar-refractivity contribution is -0.131. The maximum Gasteiger partial charge on any atom is 0.277 e. The number of carbonyl (C=O) groups is 1. The van der Waals surface area contributed by atoms with Crippen LogP contribution in [0.3, 0.4) is 0 Å². The molecule has 6 nitrogen and oxygen atoms in total. The second-order valence-corrected chi connectivity index (χ2v) is 6.25. The molecule has 1 aromatic rings. The van der Waals surface area contributed by atoms with Crippen molar-refractivity contribution in [2.45, 2.75) is 6.42 Å². The van der Waals surface area contributed by atoms with Crippen LogP contribution in [-0.4, -0.2) is 49.7 Å². The smallest absolute Gasteiger partial charge is 0.277 e. The van der Waals surface area contributed by atoms with Crippen molar-refractivity contribution in [1.82, 2.24) is 9.21 Å². The molecule has 1 amide bonds. The largest absolute Gasteiger partial charge is 0.340 e. The number of nitrogens with two attached hydrogens (primary N) is 1. The number of amides is 1. The van der Waals surface area contributed by atoms with Crippen molar-refractivity contribution in [1.29, 1.82) is 0 Å². The summed E-state index contributed by atoms with van der Waals surface area (Å²) < 4.78 is 50.3. The summed E-state index contributed by atoms with van der Waals surface area (Å²) in [7, 11) is -3.77. The first-order chi connectivity index (χ1) is 9.79. The minimum absolute atomic E-state index is 0.0737. The van der Waals surface area contributed by atoms with Gasteiger partial charge in [-0.25, -0.2) is 13.9 Å². The van der Waals surface area contributed by atoms with E-state index in [4.69, 9.17) is 5.14 Å². The number of carbonyl (C=O) groups excluding carboxylic acids is 1. The second-order valence-electron chi connectivity index (χ2n) is 4.70. The van der Waals surface area contributed by atoms with Crippen LogP contribution in [0, 0.1) is 11.6 Å². The van der Waals surface area contributed by atoms with Gasteiger partial charge in [0.15, 0.2) is 0 Å².